The van der Waals surface area contributed by atoms with Crippen LogP contribution < -0.4 is 21.1 Å². The molecular formula is C23H26N6O2. The number of hydrogen-bond donors (Lipinski definition) is 2. The monoisotopic (exact) mass is 418 g/mol. The van der Waals surface area contributed by atoms with E-state index in [9.17, 15) is 4.79 Å². The Morgan fingerprint density at radius 1 is 1.16 bits per heavy atom. The van der Waals surface area contributed by atoms with E-state index < -0.39 is 0 Å². The molecule has 1 aromatic carbocycles. The number of carbonyl (C=O) groups excluding carboxylic acids is 1. The van der Waals surface area contributed by atoms with E-state index >= 15 is 0 Å². The minimum Gasteiger partial charge on any atom is -0.497 e. The molecule has 1 fully saturated rings. The molecule has 3 aromatic rings. The first kappa shape index (κ1) is 20.7. The Morgan fingerprint density at radius 2 is 1.90 bits per heavy atom. The van der Waals surface area contributed by atoms with Crippen LogP contribution in [-0.4, -0.2) is 47.0 Å². The van der Waals surface area contributed by atoms with Gasteiger partial charge in [-0.2, -0.15) is 0 Å². The molecule has 0 bridgehead atoms. The summed E-state index contributed by atoms with van der Waals surface area (Å²) in [6.07, 6.45) is 7.06. The molecule has 160 valence electrons. The van der Waals surface area contributed by atoms with Gasteiger partial charge in [0, 0.05) is 54.8 Å². The van der Waals surface area contributed by atoms with E-state index in [1.165, 1.54) is 0 Å². The molecule has 0 aliphatic carbocycles. The molecule has 1 saturated heterocycles. The predicted molar refractivity (Wildman–Crippen MR) is 120 cm³/mol. The number of ether oxygens (including phenoxy) is 1. The van der Waals surface area contributed by atoms with Crippen molar-refractivity contribution in [1.82, 2.24) is 15.0 Å². The smallest absolute Gasteiger partial charge is 0.189 e. The number of nitrogens with two attached hydrogens (primary N) is 2. The number of aromatic nitrogens is 3. The lowest BCUT2D eigenvalue weighted by atomic mass is 10.0. The normalized spacial score (nSPS) is 14.5. The third kappa shape index (κ3) is 4.64. The van der Waals surface area contributed by atoms with E-state index in [-0.39, 0.29) is 29.8 Å². The van der Waals surface area contributed by atoms with Crippen LogP contribution in [0.15, 0.2) is 48.9 Å². The molecule has 4 N–H and O–H groups in total. The molecule has 0 atom stereocenters. The second-order valence-corrected chi connectivity index (χ2v) is 7.65. The summed E-state index contributed by atoms with van der Waals surface area (Å²) in [5, 5.41) is 0. The van der Waals surface area contributed by atoms with Gasteiger partial charge in [-0.15, -0.1) is 0 Å². The van der Waals surface area contributed by atoms with Crippen LogP contribution in [0.1, 0.15) is 28.9 Å². The molecule has 3 heterocycles. The van der Waals surface area contributed by atoms with Gasteiger partial charge in [-0.05, 0) is 43.2 Å². The Hall–Kier alpha value is -3.52. The number of piperidine rings is 1. The van der Waals surface area contributed by atoms with Crippen molar-refractivity contribution in [1.29, 1.82) is 0 Å². The van der Waals surface area contributed by atoms with Crippen molar-refractivity contribution in [3.63, 3.8) is 0 Å². The van der Waals surface area contributed by atoms with Gasteiger partial charge in [-0.3, -0.25) is 9.78 Å². The largest absolute Gasteiger partial charge is 0.497 e. The number of Topliss-reactive ketones (excluding diaryl/α,β-unsaturated/α-hetero) is 1. The topological polar surface area (TPSA) is 120 Å². The Kier molecular flexibility index (Phi) is 6.08. The molecule has 2 aromatic heterocycles. The van der Waals surface area contributed by atoms with E-state index in [0.717, 1.165) is 48.5 Å². The highest BCUT2D eigenvalue weighted by Crippen LogP contribution is 2.26. The summed E-state index contributed by atoms with van der Waals surface area (Å²) in [6.45, 7) is 1.72. The molecule has 0 unspecified atom stereocenters. The Bertz CT molecular complexity index is 1060. The quantitative estimate of drug-likeness (QED) is 0.586. The molecule has 0 amide bonds. The van der Waals surface area contributed by atoms with Crippen LogP contribution >= 0.6 is 0 Å². The van der Waals surface area contributed by atoms with Gasteiger partial charge in [0.15, 0.2) is 11.6 Å². The maximum absolute atomic E-state index is 13.1. The highest BCUT2D eigenvalue weighted by molar-refractivity contribution is 6.00. The van der Waals surface area contributed by atoms with E-state index in [1.807, 2.05) is 30.3 Å². The van der Waals surface area contributed by atoms with Crippen molar-refractivity contribution in [3.05, 3.63) is 60.2 Å². The number of ketones is 1. The third-order valence-corrected chi connectivity index (χ3v) is 5.56. The zero-order chi connectivity index (χ0) is 21.8. The predicted octanol–water partition coefficient (Wildman–Crippen LogP) is 2.48. The summed E-state index contributed by atoms with van der Waals surface area (Å²) >= 11 is 0. The lowest BCUT2D eigenvalue weighted by Crippen LogP contribution is -2.40. The zero-order valence-corrected chi connectivity index (χ0v) is 17.5. The summed E-state index contributed by atoms with van der Waals surface area (Å²) in [4.78, 5) is 28.3. The Morgan fingerprint density at radius 3 is 2.61 bits per heavy atom. The highest BCUT2D eigenvalue weighted by Gasteiger charge is 2.21. The number of nitrogens with zero attached hydrogens (tertiary/aromatic N) is 4. The van der Waals surface area contributed by atoms with E-state index in [2.05, 4.69) is 19.9 Å². The molecule has 0 radical (unpaired) electrons. The van der Waals surface area contributed by atoms with Gasteiger partial charge < -0.3 is 21.1 Å². The van der Waals surface area contributed by atoms with Gasteiger partial charge in [0.25, 0.3) is 0 Å². The molecule has 0 saturated carbocycles. The zero-order valence-electron chi connectivity index (χ0n) is 17.5. The molecule has 0 spiro atoms. The number of methoxy groups -OCH3 is 1. The maximum atomic E-state index is 13.1. The number of hydrogen-bond acceptors (Lipinski definition) is 8. The van der Waals surface area contributed by atoms with Crippen molar-refractivity contribution in [2.24, 2.45) is 5.73 Å². The maximum Gasteiger partial charge on any atom is 0.189 e. The number of anilines is 2. The summed E-state index contributed by atoms with van der Waals surface area (Å²) in [5.74, 6) is 0.672. The van der Waals surface area contributed by atoms with Crippen LogP contribution in [0, 0.1) is 0 Å². The fourth-order valence-electron chi connectivity index (χ4n) is 3.77. The Labute approximate surface area is 181 Å². The van der Waals surface area contributed by atoms with Crippen molar-refractivity contribution in [2.75, 3.05) is 30.8 Å². The fourth-order valence-corrected chi connectivity index (χ4v) is 3.77. The van der Waals surface area contributed by atoms with Crippen LogP contribution in [-0.2, 0) is 6.42 Å². The van der Waals surface area contributed by atoms with Gasteiger partial charge in [-0.1, -0.05) is 0 Å². The summed E-state index contributed by atoms with van der Waals surface area (Å²) < 4.78 is 5.19. The van der Waals surface area contributed by atoms with Gasteiger partial charge >= 0.3 is 0 Å². The standard InChI is InChI=1S/C23H26N6O2/c1-31-18-4-2-15(3-5-18)19-14-27-23(25)22(28-19)21(30)12-16-13-26-9-6-20(16)29-10-7-17(24)8-11-29/h2-6,9,13-14,17H,7-8,10-12,24H2,1H3,(H2,25,27). The van der Waals surface area contributed by atoms with Crippen molar-refractivity contribution < 1.29 is 9.53 Å². The van der Waals surface area contributed by atoms with E-state index in [4.69, 9.17) is 16.2 Å². The van der Waals surface area contributed by atoms with Crippen LogP contribution in [0.25, 0.3) is 11.3 Å². The van der Waals surface area contributed by atoms with Gasteiger partial charge in [-0.25, -0.2) is 9.97 Å². The molecule has 31 heavy (non-hydrogen) atoms. The van der Waals surface area contributed by atoms with Gasteiger partial charge in [0.2, 0.25) is 0 Å². The van der Waals surface area contributed by atoms with Crippen molar-refractivity contribution >= 4 is 17.3 Å². The first-order valence-electron chi connectivity index (χ1n) is 10.3. The molecular weight excluding hydrogens is 392 g/mol. The average Bonchev–Trinajstić information content (AvgIpc) is 2.80. The van der Waals surface area contributed by atoms with Crippen LogP contribution in [0.2, 0.25) is 0 Å². The minimum atomic E-state index is -0.191. The fraction of sp³-hybridized carbons (Fsp3) is 0.304. The number of nitrogen functional groups attached to an aromatic ring is 1. The lowest BCUT2D eigenvalue weighted by Gasteiger charge is -2.33. The van der Waals surface area contributed by atoms with Crippen molar-refractivity contribution in [2.45, 2.75) is 25.3 Å². The number of rotatable bonds is 6. The third-order valence-electron chi connectivity index (χ3n) is 5.56. The first-order chi connectivity index (χ1) is 15.0. The lowest BCUT2D eigenvalue weighted by molar-refractivity contribution is 0.0989. The van der Waals surface area contributed by atoms with Crippen LogP contribution in [0.4, 0.5) is 11.5 Å². The second kappa shape index (κ2) is 9.09. The van der Waals surface area contributed by atoms with Crippen LogP contribution in [0.3, 0.4) is 0 Å². The van der Waals surface area contributed by atoms with Gasteiger partial charge in [0.1, 0.15) is 11.4 Å². The SMILES string of the molecule is COc1ccc(-c2cnc(N)c(C(=O)Cc3cnccc3N3CCC(N)CC3)n2)cc1. The molecule has 4 rings (SSSR count). The molecule has 1 aliphatic rings. The number of pyridine rings is 1. The Balaban J connectivity index is 1.58. The van der Waals surface area contributed by atoms with Crippen LogP contribution in [0.5, 0.6) is 5.75 Å². The molecule has 1 aliphatic heterocycles. The summed E-state index contributed by atoms with van der Waals surface area (Å²) in [5.41, 5.74) is 15.5. The van der Waals surface area contributed by atoms with Gasteiger partial charge in [0.05, 0.1) is 19.0 Å². The minimum absolute atomic E-state index is 0.122. The summed E-state index contributed by atoms with van der Waals surface area (Å²) in [7, 11) is 1.61. The number of carbonyl (C=O) groups is 1. The summed E-state index contributed by atoms with van der Waals surface area (Å²) in [6, 6.07) is 9.59. The first-order valence-corrected chi connectivity index (χ1v) is 10.3. The number of benzene rings is 1. The second-order valence-electron chi connectivity index (χ2n) is 7.65. The van der Waals surface area contributed by atoms with Crippen molar-refractivity contribution in [3.8, 4) is 17.0 Å². The van der Waals surface area contributed by atoms with E-state index in [1.54, 1.807) is 25.7 Å². The highest BCUT2D eigenvalue weighted by atomic mass is 16.5. The molecule has 8 heteroatoms. The molecule has 8 nitrogen and oxygen atoms in total. The average molecular weight is 419 g/mol. The van der Waals surface area contributed by atoms with E-state index in [0.29, 0.717) is 5.69 Å².